The van der Waals surface area contributed by atoms with Gasteiger partial charge in [-0.1, -0.05) is 0 Å². The molecule has 1 aromatic rings. The number of hydrazine groups is 1. The summed E-state index contributed by atoms with van der Waals surface area (Å²) >= 11 is 0. The van der Waals surface area contributed by atoms with E-state index in [-0.39, 0.29) is 0 Å². The molecule has 1 rings (SSSR count). The lowest BCUT2D eigenvalue weighted by Gasteiger charge is -2.20. The molecule has 0 aliphatic heterocycles. The van der Waals surface area contributed by atoms with Crippen LogP contribution in [0.3, 0.4) is 0 Å². The van der Waals surface area contributed by atoms with Gasteiger partial charge >= 0.3 is 0 Å². The number of rotatable bonds is 5. The highest BCUT2D eigenvalue weighted by Crippen LogP contribution is 2.20. The van der Waals surface area contributed by atoms with Gasteiger partial charge in [-0.2, -0.15) is 5.10 Å². The van der Waals surface area contributed by atoms with Crippen molar-refractivity contribution >= 4 is 9.84 Å². The van der Waals surface area contributed by atoms with Gasteiger partial charge in [0.2, 0.25) is 0 Å². The lowest BCUT2D eigenvalue weighted by atomic mass is 10.1. The first kappa shape index (κ1) is 13.1. The molecule has 0 spiro atoms. The maximum absolute atomic E-state index is 11.5. The molecule has 0 amide bonds. The molecule has 92 valence electrons. The maximum atomic E-state index is 11.5. The van der Waals surface area contributed by atoms with E-state index >= 15 is 0 Å². The monoisotopic (exact) mass is 246 g/mol. The second kappa shape index (κ2) is 4.94. The van der Waals surface area contributed by atoms with Gasteiger partial charge in [-0.05, 0) is 13.8 Å². The normalized spacial score (nSPS) is 16.0. The van der Waals surface area contributed by atoms with Crippen molar-refractivity contribution in [3.63, 3.8) is 0 Å². The molecule has 16 heavy (non-hydrogen) atoms. The molecule has 0 aliphatic carbocycles. The van der Waals surface area contributed by atoms with Crippen molar-refractivity contribution in [2.45, 2.75) is 31.7 Å². The van der Waals surface area contributed by atoms with Gasteiger partial charge in [0.25, 0.3) is 0 Å². The van der Waals surface area contributed by atoms with Crippen LogP contribution in [0.4, 0.5) is 0 Å². The topological polar surface area (TPSA) is 90.0 Å². The summed E-state index contributed by atoms with van der Waals surface area (Å²) in [5, 5.41) is 3.50. The predicted octanol–water partition coefficient (Wildman–Crippen LogP) is -0.159. The minimum absolute atomic E-state index is 0.435. The predicted molar refractivity (Wildman–Crippen MR) is 62.3 cm³/mol. The van der Waals surface area contributed by atoms with Crippen LogP contribution in [0.5, 0.6) is 0 Å². The summed E-state index contributed by atoms with van der Waals surface area (Å²) < 4.78 is 24.6. The molecule has 0 saturated carbocycles. The Bertz CT molecular complexity index is 440. The van der Waals surface area contributed by atoms with Crippen molar-refractivity contribution in [1.29, 1.82) is 0 Å². The van der Waals surface area contributed by atoms with Crippen LogP contribution in [0.1, 0.15) is 25.5 Å². The summed E-state index contributed by atoms with van der Waals surface area (Å²) in [6.07, 6.45) is 4.63. The lowest BCUT2D eigenvalue weighted by Crippen LogP contribution is -2.38. The SMILES string of the molecule is CCn1cc(C(NN)C(C)S(C)(=O)=O)cn1. The first-order valence-corrected chi connectivity index (χ1v) is 7.03. The van der Waals surface area contributed by atoms with Crippen molar-refractivity contribution in [3.8, 4) is 0 Å². The van der Waals surface area contributed by atoms with Crippen molar-refractivity contribution in [3.05, 3.63) is 18.0 Å². The van der Waals surface area contributed by atoms with E-state index in [1.807, 2.05) is 6.92 Å². The van der Waals surface area contributed by atoms with Crippen molar-refractivity contribution in [2.24, 2.45) is 5.84 Å². The number of sulfone groups is 1. The molecular weight excluding hydrogens is 228 g/mol. The van der Waals surface area contributed by atoms with Gasteiger partial charge in [0, 0.05) is 24.6 Å². The maximum Gasteiger partial charge on any atom is 0.151 e. The number of hydrogen-bond acceptors (Lipinski definition) is 5. The summed E-state index contributed by atoms with van der Waals surface area (Å²) in [6, 6.07) is -0.435. The fourth-order valence-corrected chi connectivity index (χ4v) is 2.19. The highest BCUT2D eigenvalue weighted by atomic mass is 32.2. The third kappa shape index (κ3) is 2.81. The Morgan fingerprint density at radius 1 is 1.62 bits per heavy atom. The molecule has 0 fully saturated rings. The standard InChI is InChI=1S/C9H18N4O2S/c1-4-13-6-8(5-11-13)9(12-10)7(2)16(3,14)15/h5-7,9,12H,4,10H2,1-3H3. The van der Waals surface area contributed by atoms with Crippen LogP contribution >= 0.6 is 0 Å². The molecule has 0 radical (unpaired) electrons. The van der Waals surface area contributed by atoms with Crippen LogP contribution in [0.2, 0.25) is 0 Å². The average molecular weight is 246 g/mol. The first-order valence-electron chi connectivity index (χ1n) is 5.07. The molecule has 0 bridgehead atoms. The largest absolute Gasteiger partial charge is 0.273 e. The van der Waals surface area contributed by atoms with Crippen LogP contribution in [0.15, 0.2) is 12.4 Å². The molecule has 1 heterocycles. The van der Waals surface area contributed by atoms with Gasteiger partial charge in [-0.25, -0.2) is 8.42 Å². The Kier molecular flexibility index (Phi) is 4.06. The zero-order valence-electron chi connectivity index (χ0n) is 9.71. The smallest absolute Gasteiger partial charge is 0.151 e. The fourth-order valence-electron chi connectivity index (χ4n) is 1.46. The summed E-state index contributed by atoms with van der Waals surface area (Å²) in [7, 11) is -3.14. The molecule has 2 unspecified atom stereocenters. The summed E-state index contributed by atoms with van der Waals surface area (Å²) in [6.45, 7) is 4.33. The fraction of sp³-hybridized carbons (Fsp3) is 0.667. The second-order valence-electron chi connectivity index (χ2n) is 3.81. The van der Waals surface area contributed by atoms with E-state index in [0.717, 1.165) is 12.1 Å². The van der Waals surface area contributed by atoms with E-state index < -0.39 is 21.1 Å². The third-order valence-electron chi connectivity index (χ3n) is 2.66. The van der Waals surface area contributed by atoms with Gasteiger partial charge in [0.05, 0.1) is 17.5 Å². The Morgan fingerprint density at radius 2 is 2.25 bits per heavy atom. The Labute approximate surface area is 95.7 Å². The Hall–Kier alpha value is -0.920. The zero-order chi connectivity index (χ0) is 12.3. The molecule has 0 aliphatic rings. The van der Waals surface area contributed by atoms with Gasteiger partial charge < -0.3 is 0 Å². The van der Waals surface area contributed by atoms with E-state index in [4.69, 9.17) is 5.84 Å². The quantitative estimate of drug-likeness (QED) is 0.556. The van der Waals surface area contributed by atoms with Crippen LogP contribution in [0.25, 0.3) is 0 Å². The summed E-state index contributed by atoms with van der Waals surface area (Å²) in [5.41, 5.74) is 3.31. The third-order valence-corrected chi connectivity index (χ3v) is 4.28. The van der Waals surface area contributed by atoms with Gasteiger partial charge in [0.15, 0.2) is 9.84 Å². The minimum Gasteiger partial charge on any atom is -0.273 e. The van der Waals surface area contributed by atoms with Crippen molar-refractivity contribution < 1.29 is 8.42 Å². The molecule has 2 atom stereocenters. The number of hydrogen-bond donors (Lipinski definition) is 2. The summed E-state index contributed by atoms with van der Waals surface area (Å²) in [4.78, 5) is 0. The van der Waals surface area contributed by atoms with E-state index in [9.17, 15) is 8.42 Å². The average Bonchev–Trinajstić information content (AvgIpc) is 2.66. The number of nitrogens with one attached hydrogen (secondary N) is 1. The molecule has 6 nitrogen and oxygen atoms in total. The van der Waals surface area contributed by atoms with E-state index in [1.165, 1.54) is 6.26 Å². The Morgan fingerprint density at radius 3 is 2.62 bits per heavy atom. The van der Waals surface area contributed by atoms with Crippen molar-refractivity contribution in [1.82, 2.24) is 15.2 Å². The molecule has 0 aromatic carbocycles. The first-order chi connectivity index (χ1) is 7.40. The second-order valence-corrected chi connectivity index (χ2v) is 6.21. The molecular formula is C9H18N4O2S. The van der Waals surface area contributed by atoms with Crippen LogP contribution in [-0.4, -0.2) is 29.7 Å². The van der Waals surface area contributed by atoms with Gasteiger partial charge in [-0.3, -0.25) is 16.0 Å². The van der Waals surface area contributed by atoms with E-state index in [1.54, 1.807) is 24.0 Å². The molecule has 0 saturated heterocycles. The highest BCUT2D eigenvalue weighted by molar-refractivity contribution is 7.91. The van der Waals surface area contributed by atoms with Crippen LogP contribution in [0, 0.1) is 0 Å². The molecule has 7 heteroatoms. The Balaban J connectivity index is 2.98. The number of nitrogens with two attached hydrogens (primary N) is 1. The van der Waals surface area contributed by atoms with E-state index in [2.05, 4.69) is 10.5 Å². The highest BCUT2D eigenvalue weighted by Gasteiger charge is 2.27. The van der Waals surface area contributed by atoms with Crippen LogP contribution in [-0.2, 0) is 16.4 Å². The van der Waals surface area contributed by atoms with E-state index in [0.29, 0.717) is 0 Å². The number of aryl methyl sites for hydroxylation is 1. The van der Waals surface area contributed by atoms with Gasteiger partial charge in [-0.15, -0.1) is 0 Å². The lowest BCUT2D eigenvalue weighted by molar-refractivity contribution is 0.513. The van der Waals surface area contributed by atoms with Gasteiger partial charge in [0.1, 0.15) is 0 Å². The minimum atomic E-state index is -3.14. The number of nitrogens with zero attached hydrogens (tertiary/aromatic N) is 2. The molecule has 1 aromatic heterocycles. The molecule has 3 N–H and O–H groups in total. The van der Waals surface area contributed by atoms with Crippen LogP contribution < -0.4 is 11.3 Å². The zero-order valence-corrected chi connectivity index (χ0v) is 10.5. The summed E-state index contributed by atoms with van der Waals surface area (Å²) in [5.74, 6) is 5.40. The number of aromatic nitrogens is 2. The van der Waals surface area contributed by atoms with Crippen molar-refractivity contribution in [2.75, 3.05) is 6.26 Å².